The molecule has 2 aliphatic carbocycles. The third-order valence-electron chi connectivity index (χ3n) is 6.42. The van der Waals surface area contributed by atoms with Gasteiger partial charge in [0.1, 0.15) is 23.2 Å². The van der Waals surface area contributed by atoms with Crippen molar-refractivity contribution in [2.24, 2.45) is 5.92 Å². The number of hydrogen-bond donors (Lipinski definition) is 3. The van der Waals surface area contributed by atoms with Crippen LogP contribution in [0.5, 0.6) is 11.5 Å². The van der Waals surface area contributed by atoms with Crippen molar-refractivity contribution in [3.63, 3.8) is 0 Å². The molecule has 1 amide bonds. The molecule has 1 saturated heterocycles. The normalized spacial score (nSPS) is 30.8. The van der Waals surface area contributed by atoms with Crippen LogP contribution in [0.2, 0.25) is 5.82 Å². The average molecular weight is 387 g/mol. The molecular weight excluding hydrogens is 365 g/mol. The van der Waals surface area contributed by atoms with Crippen molar-refractivity contribution >= 4 is 19.0 Å². The molecule has 9 heteroatoms. The van der Waals surface area contributed by atoms with Crippen LogP contribution in [0.1, 0.15) is 47.5 Å². The van der Waals surface area contributed by atoms with Crippen molar-refractivity contribution < 1.29 is 34.2 Å². The van der Waals surface area contributed by atoms with E-state index in [1.807, 2.05) is 6.07 Å². The second-order valence-corrected chi connectivity index (χ2v) is 8.32. The highest BCUT2D eigenvalue weighted by molar-refractivity contribution is 6.48. The lowest BCUT2D eigenvalue weighted by atomic mass is 9.77. The summed E-state index contributed by atoms with van der Waals surface area (Å²) >= 11 is 0. The average Bonchev–Trinajstić information content (AvgIpc) is 3.31. The zero-order chi connectivity index (χ0) is 19.6. The maximum absolute atomic E-state index is 12.4. The zero-order valence-corrected chi connectivity index (χ0v) is 15.3. The fourth-order valence-electron chi connectivity index (χ4n) is 4.71. The number of carbonyl (C=O) groups is 2. The molecule has 1 aromatic carbocycles. The number of rotatable bonds is 4. The van der Waals surface area contributed by atoms with Gasteiger partial charge in [-0.2, -0.15) is 0 Å². The Labute approximate surface area is 162 Å². The number of carboxylic acids is 1. The van der Waals surface area contributed by atoms with Crippen molar-refractivity contribution in [2.45, 2.75) is 49.6 Å². The van der Waals surface area contributed by atoms with Gasteiger partial charge in [0, 0.05) is 11.7 Å². The van der Waals surface area contributed by atoms with Gasteiger partial charge in [-0.05, 0) is 43.2 Å². The molecule has 5 rings (SSSR count). The SMILES string of the molecule is O=C(O)c1c(OC2CN(C(=O)[C@H]3CC[C@@H](O)C3)C2)ccc2c1OB(O)[C@H]1C[C@@H]21. The Kier molecular flexibility index (Phi) is 4.06. The highest BCUT2D eigenvalue weighted by Gasteiger charge is 2.54. The van der Waals surface area contributed by atoms with E-state index in [1.54, 1.807) is 11.0 Å². The molecule has 2 heterocycles. The van der Waals surface area contributed by atoms with E-state index in [1.165, 1.54) is 0 Å². The number of nitrogens with zero attached hydrogens (tertiary/aromatic N) is 1. The standard InChI is InChI=1S/C19H22BNO7/c22-10-2-1-9(5-10)18(23)21-7-11(8-21)27-15-4-3-12-13-6-14(13)20(26)28-17(12)16(15)19(24)25/h3-4,9-11,13-14,22,26H,1-2,5-8H2,(H,24,25)/t9-,10+,13-,14-/m0/s1. The molecular formula is C19H22BNO7. The molecule has 8 nitrogen and oxygen atoms in total. The molecule has 0 radical (unpaired) electrons. The minimum absolute atomic E-state index is 0.0338. The van der Waals surface area contributed by atoms with Crippen molar-refractivity contribution in [3.05, 3.63) is 23.3 Å². The number of carbonyl (C=O) groups excluding carboxylic acids is 1. The number of ether oxygens (including phenoxy) is 1. The molecule has 0 aromatic heterocycles. The molecule has 1 aromatic rings. The number of carboxylic acid groups (broad SMARTS) is 1. The smallest absolute Gasteiger partial charge is 0.526 e. The van der Waals surface area contributed by atoms with Crippen LogP contribution in [0.4, 0.5) is 0 Å². The second kappa shape index (κ2) is 6.38. The number of fused-ring (bicyclic) bond motifs is 3. The summed E-state index contributed by atoms with van der Waals surface area (Å²) in [5.41, 5.74) is 0.746. The molecule has 4 atom stereocenters. The van der Waals surface area contributed by atoms with E-state index in [0.29, 0.717) is 32.4 Å². The Balaban J connectivity index is 1.28. The first-order chi connectivity index (χ1) is 13.4. The molecule has 3 fully saturated rings. The Hall–Kier alpha value is -2.26. The number of aliphatic hydroxyl groups is 1. The summed E-state index contributed by atoms with van der Waals surface area (Å²) in [6.45, 7) is 0.797. The molecule has 2 aliphatic heterocycles. The Bertz CT molecular complexity index is 840. The van der Waals surface area contributed by atoms with Gasteiger partial charge in [0.15, 0.2) is 0 Å². The molecule has 4 aliphatic rings. The summed E-state index contributed by atoms with van der Waals surface area (Å²) in [6.07, 6.45) is 2.00. The van der Waals surface area contributed by atoms with Gasteiger partial charge in [-0.15, -0.1) is 0 Å². The summed E-state index contributed by atoms with van der Waals surface area (Å²) in [5.74, 6) is -0.674. The number of likely N-dealkylation sites (tertiary alicyclic amines) is 1. The van der Waals surface area contributed by atoms with E-state index >= 15 is 0 Å². The van der Waals surface area contributed by atoms with E-state index in [9.17, 15) is 24.8 Å². The minimum Gasteiger partial charge on any atom is -0.535 e. The van der Waals surface area contributed by atoms with Crippen LogP contribution in [0.15, 0.2) is 12.1 Å². The van der Waals surface area contributed by atoms with Gasteiger partial charge < -0.3 is 29.5 Å². The zero-order valence-electron chi connectivity index (χ0n) is 15.3. The quantitative estimate of drug-likeness (QED) is 0.657. The van der Waals surface area contributed by atoms with E-state index in [2.05, 4.69) is 0 Å². The highest BCUT2D eigenvalue weighted by atomic mass is 16.5. The third-order valence-corrected chi connectivity index (χ3v) is 6.42. The van der Waals surface area contributed by atoms with Gasteiger partial charge in [0.05, 0.1) is 19.2 Å². The first-order valence-electron chi connectivity index (χ1n) is 9.80. The van der Waals surface area contributed by atoms with Crippen LogP contribution in [-0.4, -0.2) is 64.4 Å². The summed E-state index contributed by atoms with van der Waals surface area (Å²) in [7, 11) is -0.982. The summed E-state index contributed by atoms with van der Waals surface area (Å²) in [5, 5.41) is 29.3. The number of aliphatic hydroxyl groups excluding tert-OH is 1. The van der Waals surface area contributed by atoms with Crippen LogP contribution >= 0.6 is 0 Å². The van der Waals surface area contributed by atoms with Gasteiger partial charge in [0.25, 0.3) is 0 Å². The Morgan fingerprint density at radius 3 is 2.68 bits per heavy atom. The Morgan fingerprint density at radius 2 is 2.00 bits per heavy atom. The maximum Gasteiger partial charge on any atom is 0.526 e. The fraction of sp³-hybridized carbons (Fsp3) is 0.579. The summed E-state index contributed by atoms with van der Waals surface area (Å²) in [4.78, 5) is 26.0. The van der Waals surface area contributed by atoms with Crippen molar-refractivity contribution in [1.82, 2.24) is 4.90 Å². The molecule has 0 unspecified atom stereocenters. The predicted molar refractivity (Wildman–Crippen MR) is 97.5 cm³/mol. The molecule has 148 valence electrons. The Morgan fingerprint density at radius 1 is 1.21 bits per heavy atom. The highest BCUT2D eigenvalue weighted by Crippen LogP contribution is 2.60. The molecule has 3 N–H and O–H groups in total. The van der Waals surface area contributed by atoms with Crippen LogP contribution in [0, 0.1) is 5.92 Å². The lowest BCUT2D eigenvalue weighted by Gasteiger charge is -2.40. The van der Waals surface area contributed by atoms with Gasteiger partial charge >= 0.3 is 13.1 Å². The summed E-state index contributed by atoms with van der Waals surface area (Å²) in [6, 6.07) is 3.46. The molecule has 0 spiro atoms. The van der Waals surface area contributed by atoms with Crippen LogP contribution < -0.4 is 9.39 Å². The maximum atomic E-state index is 12.4. The topological polar surface area (TPSA) is 117 Å². The van der Waals surface area contributed by atoms with Gasteiger partial charge in [0.2, 0.25) is 5.91 Å². The monoisotopic (exact) mass is 387 g/mol. The van der Waals surface area contributed by atoms with Crippen molar-refractivity contribution in [3.8, 4) is 11.5 Å². The summed E-state index contributed by atoms with van der Waals surface area (Å²) < 4.78 is 11.4. The van der Waals surface area contributed by atoms with E-state index < -0.39 is 19.2 Å². The second-order valence-electron chi connectivity index (χ2n) is 8.32. The molecule has 28 heavy (non-hydrogen) atoms. The largest absolute Gasteiger partial charge is 0.535 e. The first kappa shape index (κ1) is 17.8. The number of aromatic carboxylic acids is 1. The number of hydrogen-bond acceptors (Lipinski definition) is 6. The van der Waals surface area contributed by atoms with E-state index in [4.69, 9.17) is 9.39 Å². The molecule has 2 saturated carbocycles. The van der Waals surface area contributed by atoms with Gasteiger partial charge in [-0.25, -0.2) is 4.79 Å². The van der Waals surface area contributed by atoms with Crippen LogP contribution in [0.25, 0.3) is 0 Å². The third kappa shape index (κ3) is 2.84. The molecule has 0 bridgehead atoms. The lowest BCUT2D eigenvalue weighted by molar-refractivity contribution is -0.144. The number of amides is 1. The van der Waals surface area contributed by atoms with Crippen LogP contribution in [-0.2, 0) is 4.79 Å². The van der Waals surface area contributed by atoms with Crippen LogP contribution in [0.3, 0.4) is 0 Å². The van der Waals surface area contributed by atoms with Crippen molar-refractivity contribution in [2.75, 3.05) is 13.1 Å². The number of benzene rings is 1. The van der Waals surface area contributed by atoms with E-state index in [-0.39, 0.29) is 46.7 Å². The fourth-order valence-corrected chi connectivity index (χ4v) is 4.71. The van der Waals surface area contributed by atoms with Crippen molar-refractivity contribution in [1.29, 1.82) is 0 Å². The minimum atomic E-state index is -1.16. The lowest BCUT2D eigenvalue weighted by Crippen LogP contribution is -2.57. The predicted octanol–water partition coefficient (Wildman–Crippen LogP) is 0.866. The first-order valence-corrected chi connectivity index (χ1v) is 9.80. The van der Waals surface area contributed by atoms with Gasteiger partial charge in [-0.1, -0.05) is 6.07 Å². The van der Waals surface area contributed by atoms with Gasteiger partial charge in [-0.3, -0.25) is 4.79 Å². The van der Waals surface area contributed by atoms with E-state index in [0.717, 1.165) is 12.0 Å².